The average Bonchev–Trinajstić information content (AvgIpc) is 2.50. The standard InChI is InChI=1S/C8H7BrCl2O.C8H6BrClO.2CH4/c9-6-1-2-8(7(11)5-6)12-4-3-10;1-2-11-8-4-3-6(9)5-7(8)10;;/h1-2,5H,3-4H2;2-5H,1H2;2*1H4. The number of hydrogen-bond acceptors (Lipinski definition) is 2. The molecule has 0 aliphatic rings. The molecule has 2 aromatic carbocycles. The largest absolute Gasteiger partial charge is 0.491 e. The minimum Gasteiger partial charge on any atom is -0.491 e. The van der Waals surface area contributed by atoms with Crippen LogP contribution in [0.1, 0.15) is 14.9 Å². The molecule has 0 aliphatic carbocycles. The van der Waals surface area contributed by atoms with Crippen molar-refractivity contribution in [2.24, 2.45) is 0 Å². The van der Waals surface area contributed by atoms with Crippen LogP contribution < -0.4 is 9.47 Å². The van der Waals surface area contributed by atoms with E-state index in [-0.39, 0.29) is 14.9 Å². The average molecular weight is 536 g/mol. The summed E-state index contributed by atoms with van der Waals surface area (Å²) in [6.07, 6.45) is 1.34. The van der Waals surface area contributed by atoms with Crippen molar-refractivity contribution in [1.82, 2.24) is 0 Å². The molecular weight excluding hydrogens is 514 g/mol. The number of halogens is 5. The minimum absolute atomic E-state index is 0. The van der Waals surface area contributed by atoms with E-state index in [1.54, 1.807) is 24.3 Å². The second-order valence-electron chi connectivity index (χ2n) is 3.97. The van der Waals surface area contributed by atoms with Gasteiger partial charge < -0.3 is 9.47 Å². The molecule has 0 saturated carbocycles. The maximum Gasteiger partial charge on any atom is 0.145 e. The third kappa shape index (κ3) is 10.4. The summed E-state index contributed by atoms with van der Waals surface area (Å²) in [7, 11) is 0. The third-order valence-electron chi connectivity index (χ3n) is 2.33. The fraction of sp³-hybridized carbons (Fsp3) is 0.222. The smallest absolute Gasteiger partial charge is 0.145 e. The fourth-order valence-corrected chi connectivity index (χ4v) is 2.92. The van der Waals surface area contributed by atoms with Crippen molar-refractivity contribution < 1.29 is 9.47 Å². The van der Waals surface area contributed by atoms with Gasteiger partial charge in [0, 0.05) is 8.95 Å². The molecule has 140 valence electrons. The molecule has 0 heterocycles. The predicted octanol–water partition coefficient (Wildman–Crippen LogP) is 8.62. The number of hydrogen-bond donors (Lipinski definition) is 0. The van der Waals surface area contributed by atoms with E-state index in [0.717, 1.165) is 8.95 Å². The quantitative estimate of drug-likeness (QED) is 0.282. The number of rotatable bonds is 5. The van der Waals surface area contributed by atoms with Crippen LogP contribution in [-0.2, 0) is 0 Å². The fourth-order valence-electron chi connectivity index (χ4n) is 1.40. The van der Waals surface area contributed by atoms with Gasteiger partial charge in [-0.25, -0.2) is 0 Å². The molecule has 0 spiro atoms. The zero-order valence-corrected chi connectivity index (χ0v) is 17.3. The van der Waals surface area contributed by atoms with E-state index >= 15 is 0 Å². The lowest BCUT2D eigenvalue weighted by Crippen LogP contribution is -1.98. The van der Waals surface area contributed by atoms with Crippen molar-refractivity contribution in [1.29, 1.82) is 0 Å². The van der Waals surface area contributed by atoms with E-state index < -0.39 is 0 Å². The Morgan fingerprint density at radius 3 is 1.80 bits per heavy atom. The van der Waals surface area contributed by atoms with Gasteiger partial charge in [0.25, 0.3) is 0 Å². The second-order valence-corrected chi connectivity index (χ2v) is 7.00. The molecule has 7 heteroatoms. The molecule has 0 atom stereocenters. The van der Waals surface area contributed by atoms with E-state index in [0.29, 0.717) is 34.0 Å². The first kappa shape index (κ1) is 26.8. The second kappa shape index (κ2) is 14.7. The predicted molar refractivity (Wildman–Crippen MR) is 119 cm³/mol. The molecule has 0 aliphatic heterocycles. The SMILES string of the molecule is C.C.C=COc1ccc(Br)cc1Cl.ClCCOc1ccc(Br)cc1Cl. The highest BCUT2D eigenvalue weighted by molar-refractivity contribution is 9.10. The Balaban J connectivity index is 0. The molecule has 0 amide bonds. The lowest BCUT2D eigenvalue weighted by atomic mass is 10.3. The summed E-state index contributed by atoms with van der Waals surface area (Å²) in [6, 6.07) is 10.8. The summed E-state index contributed by atoms with van der Waals surface area (Å²) >= 11 is 23.7. The summed E-state index contributed by atoms with van der Waals surface area (Å²) in [5, 5.41) is 1.16. The van der Waals surface area contributed by atoms with Crippen molar-refractivity contribution in [3.63, 3.8) is 0 Å². The molecule has 25 heavy (non-hydrogen) atoms. The number of benzene rings is 2. The third-order valence-corrected chi connectivity index (χ3v) is 4.06. The summed E-state index contributed by atoms with van der Waals surface area (Å²) < 4.78 is 12.1. The highest BCUT2D eigenvalue weighted by Gasteiger charge is 2.00. The molecule has 0 unspecified atom stereocenters. The minimum atomic E-state index is 0. The lowest BCUT2D eigenvalue weighted by Gasteiger charge is -2.05. The van der Waals surface area contributed by atoms with Gasteiger partial charge in [0.15, 0.2) is 0 Å². The van der Waals surface area contributed by atoms with Gasteiger partial charge in [0.1, 0.15) is 18.1 Å². The van der Waals surface area contributed by atoms with E-state index in [4.69, 9.17) is 44.3 Å². The zero-order valence-electron chi connectivity index (χ0n) is 11.9. The van der Waals surface area contributed by atoms with Crippen LogP contribution >= 0.6 is 66.7 Å². The Labute approximate surface area is 182 Å². The van der Waals surface area contributed by atoms with Gasteiger partial charge in [0.05, 0.1) is 22.2 Å². The number of alkyl halides is 1. The molecule has 0 bridgehead atoms. The topological polar surface area (TPSA) is 18.5 Å². The van der Waals surface area contributed by atoms with Gasteiger partial charge in [-0.15, -0.1) is 11.6 Å². The summed E-state index contributed by atoms with van der Waals surface area (Å²) in [6.45, 7) is 3.90. The van der Waals surface area contributed by atoms with Crippen molar-refractivity contribution >= 4 is 66.7 Å². The molecule has 0 aromatic heterocycles. The highest BCUT2D eigenvalue weighted by Crippen LogP contribution is 2.28. The summed E-state index contributed by atoms with van der Waals surface area (Å²) in [5.41, 5.74) is 0. The Bertz CT molecular complexity index is 652. The van der Waals surface area contributed by atoms with Crippen LogP contribution in [0.25, 0.3) is 0 Å². The Morgan fingerprint density at radius 2 is 1.40 bits per heavy atom. The van der Waals surface area contributed by atoms with Crippen molar-refractivity contribution in [3.05, 3.63) is 68.2 Å². The van der Waals surface area contributed by atoms with Crippen LogP contribution in [0.4, 0.5) is 0 Å². The maximum atomic E-state index is 5.87. The zero-order chi connectivity index (χ0) is 17.2. The first-order valence-corrected chi connectivity index (χ1v) is 9.22. The van der Waals surface area contributed by atoms with Gasteiger partial charge in [-0.3, -0.25) is 0 Å². The van der Waals surface area contributed by atoms with Crippen LogP contribution in [0.15, 0.2) is 58.2 Å². The van der Waals surface area contributed by atoms with E-state index in [1.807, 2.05) is 12.1 Å². The number of ether oxygens (including phenoxy) is 2. The van der Waals surface area contributed by atoms with Crippen molar-refractivity contribution in [2.45, 2.75) is 14.9 Å². The van der Waals surface area contributed by atoms with Crippen LogP contribution in [0, 0.1) is 0 Å². The van der Waals surface area contributed by atoms with Gasteiger partial charge in [-0.05, 0) is 36.4 Å². The molecule has 2 nitrogen and oxygen atoms in total. The van der Waals surface area contributed by atoms with Gasteiger partial charge in [0.2, 0.25) is 0 Å². The van der Waals surface area contributed by atoms with Gasteiger partial charge in [-0.1, -0.05) is 76.5 Å². The molecular formula is C18H21Br2Cl3O2. The van der Waals surface area contributed by atoms with E-state index in [2.05, 4.69) is 38.4 Å². The van der Waals surface area contributed by atoms with Gasteiger partial charge >= 0.3 is 0 Å². The Morgan fingerprint density at radius 1 is 0.920 bits per heavy atom. The lowest BCUT2D eigenvalue weighted by molar-refractivity contribution is 0.343. The maximum absolute atomic E-state index is 5.87. The van der Waals surface area contributed by atoms with Crippen LogP contribution in [0.3, 0.4) is 0 Å². The molecule has 2 aromatic rings. The molecule has 0 fully saturated rings. The van der Waals surface area contributed by atoms with Crippen molar-refractivity contribution in [2.75, 3.05) is 12.5 Å². The molecule has 0 N–H and O–H groups in total. The van der Waals surface area contributed by atoms with Crippen LogP contribution in [0.5, 0.6) is 11.5 Å². The first-order chi connectivity index (χ1) is 11.0. The van der Waals surface area contributed by atoms with Crippen molar-refractivity contribution in [3.8, 4) is 11.5 Å². The first-order valence-electron chi connectivity index (χ1n) is 6.34. The van der Waals surface area contributed by atoms with Gasteiger partial charge in [-0.2, -0.15) is 0 Å². The molecule has 0 radical (unpaired) electrons. The highest BCUT2D eigenvalue weighted by atomic mass is 79.9. The normalized spacial score (nSPS) is 8.84. The Kier molecular flexibility index (Phi) is 15.8. The van der Waals surface area contributed by atoms with Crippen LogP contribution in [0.2, 0.25) is 10.0 Å². The summed E-state index contributed by atoms with van der Waals surface area (Å²) in [4.78, 5) is 0. The van der Waals surface area contributed by atoms with E-state index in [9.17, 15) is 0 Å². The molecule has 0 saturated heterocycles. The van der Waals surface area contributed by atoms with Crippen LogP contribution in [-0.4, -0.2) is 12.5 Å². The monoisotopic (exact) mass is 532 g/mol. The Hall–Kier alpha value is -0.390. The molecule has 2 rings (SSSR count). The summed E-state index contributed by atoms with van der Waals surface area (Å²) in [5.74, 6) is 1.75. The van der Waals surface area contributed by atoms with E-state index in [1.165, 1.54) is 6.26 Å².